The molecule has 2 rings (SSSR count). The summed E-state index contributed by atoms with van der Waals surface area (Å²) in [5.41, 5.74) is -0.230. The van der Waals surface area contributed by atoms with Crippen LogP contribution in [0.25, 0.3) is 0 Å². The third-order valence-corrected chi connectivity index (χ3v) is 2.13. The van der Waals surface area contributed by atoms with E-state index >= 15 is 0 Å². The first-order chi connectivity index (χ1) is 7.66. The summed E-state index contributed by atoms with van der Waals surface area (Å²) >= 11 is 0. The maximum Gasteiger partial charge on any atom is 0.293 e. The molecular formula is C12H10FNO2. The van der Waals surface area contributed by atoms with Crippen molar-refractivity contribution in [2.45, 2.75) is 0 Å². The summed E-state index contributed by atoms with van der Waals surface area (Å²) in [7, 11) is 1.64. The molecule has 0 aliphatic rings. The fourth-order valence-corrected chi connectivity index (χ4v) is 1.28. The zero-order valence-corrected chi connectivity index (χ0v) is 8.68. The zero-order chi connectivity index (χ0) is 11.5. The van der Waals surface area contributed by atoms with E-state index in [0.29, 0.717) is 5.75 Å². The molecular weight excluding hydrogens is 209 g/mol. The van der Waals surface area contributed by atoms with Crippen LogP contribution in [-0.2, 0) is 7.05 Å². The van der Waals surface area contributed by atoms with Crippen molar-refractivity contribution in [1.29, 1.82) is 0 Å². The standard InChI is InChI=1S/C12H10FNO2/c1-14-8-2-3-11(12(14)15)16-10-6-4-9(13)5-7-10/h2-8H,1H3. The topological polar surface area (TPSA) is 31.2 Å². The first kappa shape index (κ1) is 10.4. The summed E-state index contributed by atoms with van der Waals surface area (Å²) in [6.07, 6.45) is 1.64. The number of benzene rings is 1. The molecule has 0 fully saturated rings. The van der Waals surface area contributed by atoms with Crippen LogP contribution in [0.3, 0.4) is 0 Å². The molecule has 0 radical (unpaired) electrons. The fraction of sp³-hybridized carbons (Fsp3) is 0.0833. The van der Waals surface area contributed by atoms with Crippen LogP contribution in [-0.4, -0.2) is 4.57 Å². The average molecular weight is 219 g/mol. The minimum atomic E-state index is -0.340. The molecule has 1 heterocycles. The highest BCUT2D eigenvalue weighted by atomic mass is 19.1. The second-order valence-corrected chi connectivity index (χ2v) is 3.34. The molecule has 0 aliphatic carbocycles. The predicted octanol–water partition coefficient (Wildman–Crippen LogP) is 2.32. The molecule has 0 aliphatic heterocycles. The third kappa shape index (κ3) is 2.11. The van der Waals surface area contributed by atoms with Crippen molar-refractivity contribution in [3.05, 3.63) is 58.8 Å². The average Bonchev–Trinajstić information content (AvgIpc) is 2.28. The van der Waals surface area contributed by atoms with Crippen LogP contribution in [0.4, 0.5) is 4.39 Å². The number of aryl methyl sites for hydroxylation is 1. The Morgan fingerprint density at radius 1 is 1.19 bits per heavy atom. The molecule has 0 saturated heterocycles. The Balaban J connectivity index is 2.31. The molecule has 0 saturated carbocycles. The number of nitrogens with zero attached hydrogens (tertiary/aromatic N) is 1. The van der Waals surface area contributed by atoms with Crippen molar-refractivity contribution >= 4 is 0 Å². The molecule has 3 nitrogen and oxygen atoms in total. The highest BCUT2D eigenvalue weighted by molar-refractivity contribution is 5.29. The minimum absolute atomic E-state index is 0.219. The van der Waals surface area contributed by atoms with E-state index < -0.39 is 0 Å². The second-order valence-electron chi connectivity index (χ2n) is 3.34. The van der Waals surface area contributed by atoms with Gasteiger partial charge in [-0.15, -0.1) is 0 Å². The Hall–Kier alpha value is -2.10. The molecule has 1 aromatic heterocycles. The van der Waals surface area contributed by atoms with Crippen LogP contribution in [0.2, 0.25) is 0 Å². The Bertz CT molecular complexity index is 546. The van der Waals surface area contributed by atoms with Gasteiger partial charge < -0.3 is 9.30 Å². The summed E-state index contributed by atoms with van der Waals surface area (Å²) in [4.78, 5) is 11.6. The van der Waals surface area contributed by atoms with E-state index in [4.69, 9.17) is 4.74 Å². The third-order valence-electron chi connectivity index (χ3n) is 2.13. The highest BCUT2D eigenvalue weighted by Crippen LogP contribution is 2.17. The van der Waals surface area contributed by atoms with Crippen molar-refractivity contribution < 1.29 is 9.13 Å². The van der Waals surface area contributed by atoms with Gasteiger partial charge in [-0.25, -0.2) is 4.39 Å². The first-order valence-electron chi connectivity index (χ1n) is 4.76. The van der Waals surface area contributed by atoms with Crippen molar-refractivity contribution in [2.75, 3.05) is 0 Å². The molecule has 0 spiro atoms. The first-order valence-corrected chi connectivity index (χ1v) is 4.76. The quantitative estimate of drug-likeness (QED) is 0.776. The monoisotopic (exact) mass is 219 g/mol. The highest BCUT2D eigenvalue weighted by Gasteiger charge is 2.03. The van der Waals surface area contributed by atoms with Gasteiger partial charge in [0.1, 0.15) is 11.6 Å². The van der Waals surface area contributed by atoms with E-state index in [1.54, 1.807) is 25.4 Å². The van der Waals surface area contributed by atoms with Crippen molar-refractivity contribution in [1.82, 2.24) is 4.57 Å². The van der Waals surface area contributed by atoms with Gasteiger partial charge in [-0.1, -0.05) is 0 Å². The van der Waals surface area contributed by atoms with Gasteiger partial charge >= 0.3 is 0 Å². The van der Waals surface area contributed by atoms with Crippen LogP contribution >= 0.6 is 0 Å². The van der Waals surface area contributed by atoms with Crippen LogP contribution < -0.4 is 10.3 Å². The van der Waals surface area contributed by atoms with Gasteiger partial charge in [0.2, 0.25) is 0 Å². The summed E-state index contributed by atoms with van der Waals surface area (Å²) in [6, 6.07) is 8.79. The normalized spacial score (nSPS) is 10.1. The molecule has 0 amide bonds. The number of halogens is 1. The van der Waals surface area contributed by atoms with Gasteiger partial charge in [-0.2, -0.15) is 0 Å². The summed E-state index contributed by atoms with van der Waals surface area (Å²) in [6.45, 7) is 0. The van der Waals surface area contributed by atoms with Crippen molar-refractivity contribution in [3.63, 3.8) is 0 Å². The van der Waals surface area contributed by atoms with E-state index in [9.17, 15) is 9.18 Å². The molecule has 0 atom stereocenters. The fourth-order valence-electron chi connectivity index (χ4n) is 1.28. The molecule has 0 N–H and O–H groups in total. The van der Waals surface area contributed by atoms with Gasteiger partial charge in [-0.3, -0.25) is 4.79 Å². The lowest BCUT2D eigenvalue weighted by atomic mass is 10.3. The molecule has 16 heavy (non-hydrogen) atoms. The SMILES string of the molecule is Cn1cccc(Oc2ccc(F)cc2)c1=O. The van der Waals surface area contributed by atoms with Gasteiger partial charge in [-0.05, 0) is 36.4 Å². The van der Waals surface area contributed by atoms with Gasteiger partial charge in [0.25, 0.3) is 5.56 Å². The number of ether oxygens (including phenoxy) is 1. The van der Waals surface area contributed by atoms with Crippen LogP contribution in [0.5, 0.6) is 11.5 Å². The summed E-state index contributed by atoms with van der Waals surface area (Å²) < 4.78 is 19.4. The number of hydrogen-bond acceptors (Lipinski definition) is 2. The maximum atomic E-state index is 12.6. The van der Waals surface area contributed by atoms with E-state index in [2.05, 4.69) is 0 Å². The number of pyridine rings is 1. The van der Waals surface area contributed by atoms with Crippen LogP contribution in [0, 0.1) is 5.82 Å². The predicted molar refractivity (Wildman–Crippen MR) is 58.2 cm³/mol. The molecule has 1 aromatic carbocycles. The van der Waals surface area contributed by atoms with Crippen LogP contribution in [0.15, 0.2) is 47.4 Å². The molecule has 0 unspecified atom stereocenters. The van der Waals surface area contributed by atoms with E-state index in [1.807, 2.05) is 0 Å². The second kappa shape index (κ2) is 4.18. The molecule has 2 aromatic rings. The minimum Gasteiger partial charge on any atom is -0.452 e. The Morgan fingerprint density at radius 2 is 1.88 bits per heavy atom. The molecule has 82 valence electrons. The lowest BCUT2D eigenvalue weighted by Crippen LogP contribution is -2.16. The van der Waals surface area contributed by atoms with Gasteiger partial charge in [0.05, 0.1) is 0 Å². The summed E-state index contributed by atoms with van der Waals surface area (Å²) in [5, 5.41) is 0. The van der Waals surface area contributed by atoms with Gasteiger partial charge in [0.15, 0.2) is 5.75 Å². The number of rotatable bonds is 2. The largest absolute Gasteiger partial charge is 0.452 e. The van der Waals surface area contributed by atoms with Crippen molar-refractivity contribution in [3.8, 4) is 11.5 Å². The Labute approximate surface area is 91.7 Å². The Morgan fingerprint density at radius 3 is 2.56 bits per heavy atom. The Kier molecular flexibility index (Phi) is 2.72. The van der Waals surface area contributed by atoms with E-state index in [1.165, 1.54) is 28.8 Å². The molecule has 4 heteroatoms. The van der Waals surface area contributed by atoms with Crippen LogP contribution in [0.1, 0.15) is 0 Å². The van der Waals surface area contributed by atoms with Crippen molar-refractivity contribution in [2.24, 2.45) is 7.05 Å². The lowest BCUT2D eigenvalue weighted by molar-refractivity contribution is 0.468. The number of hydrogen-bond donors (Lipinski definition) is 0. The van der Waals surface area contributed by atoms with E-state index in [0.717, 1.165) is 0 Å². The maximum absolute atomic E-state index is 12.6. The van der Waals surface area contributed by atoms with E-state index in [-0.39, 0.29) is 17.1 Å². The lowest BCUT2D eigenvalue weighted by Gasteiger charge is -2.05. The smallest absolute Gasteiger partial charge is 0.293 e. The molecule has 0 bridgehead atoms. The zero-order valence-electron chi connectivity index (χ0n) is 8.68. The van der Waals surface area contributed by atoms with Gasteiger partial charge in [0, 0.05) is 13.2 Å². The summed E-state index contributed by atoms with van der Waals surface area (Å²) in [5.74, 6) is 0.314. The number of aromatic nitrogens is 1.